The Kier molecular flexibility index (Phi) is 4.37. The SMILES string of the molecule is CN(C)C(=O)c1ccc(CNc2cc(-c3ccco3)ccc2F)[nH]1. The van der Waals surface area contributed by atoms with Gasteiger partial charge in [0.05, 0.1) is 18.5 Å². The summed E-state index contributed by atoms with van der Waals surface area (Å²) in [6.45, 7) is 0.374. The van der Waals surface area contributed by atoms with Gasteiger partial charge in [-0.1, -0.05) is 0 Å². The van der Waals surface area contributed by atoms with Gasteiger partial charge in [0.2, 0.25) is 0 Å². The molecule has 0 atom stereocenters. The van der Waals surface area contributed by atoms with Crippen LogP contribution in [0.1, 0.15) is 16.2 Å². The Bertz CT molecular complexity index is 838. The van der Waals surface area contributed by atoms with Gasteiger partial charge < -0.3 is 19.6 Å². The summed E-state index contributed by atoms with van der Waals surface area (Å²) in [6, 6.07) is 11.9. The maximum atomic E-state index is 14.0. The molecule has 0 saturated heterocycles. The standard InChI is InChI=1S/C18H18FN3O2/c1-22(2)18(23)15-8-6-13(21-15)11-20-16-10-12(5-7-14(16)19)17-4-3-9-24-17/h3-10,20-21H,11H2,1-2H3. The zero-order valence-corrected chi connectivity index (χ0v) is 13.5. The second-order valence-corrected chi connectivity index (χ2v) is 5.62. The minimum atomic E-state index is -0.346. The molecule has 124 valence electrons. The van der Waals surface area contributed by atoms with E-state index < -0.39 is 0 Å². The highest BCUT2D eigenvalue weighted by Crippen LogP contribution is 2.25. The van der Waals surface area contributed by atoms with E-state index in [1.54, 1.807) is 50.7 Å². The summed E-state index contributed by atoms with van der Waals surface area (Å²) in [5, 5.41) is 3.04. The summed E-state index contributed by atoms with van der Waals surface area (Å²) in [7, 11) is 3.38. The molecule has 0 aliphatic heterocycles. The van der Waals surface area contributed by atoms with Crippen LogP contribution in [0.2, 0.25) is 0 Å². The Labute approximate surface area is 139 Å². The highest BCUT2D eigenvalue weighted by atomic mass is 19.1. The molecule has 24 heavy (non-hydrogen) atoms. The Morgan fingerprint density at radius 2 is 2.08 bits per heavy atom. The molecule has 0 spiro atoms. The van der Waals surface area contributed by atoms with Crippen LogP contribution >= 0.6 is 0 Å². The summed E-state index contributed by atoms with van der Waals surface area (Å²) in [5.74, 6) is 0.227. The van der Waals surface area contributed by atoms with Crippen molar-refractivity contribution >= 4 is 11.6 Å². The van der Waals surface area contributed by atoms with Crippen LogP contribution in [0, 0.1) is 5.82 Å². The van der Waals surface area contributed by atoms with E-state index in [4.69, 9.17) is 4.42 Å². The molecule has 2 aromatic heterocycles. The van der Waals surface area contributed by atoms with Crippen LogP contribution in [-0.2, 0) is 6.54 Å². The van der Waals surface area contributed by atoms with Crippen molar-refractivity contribution in [3.05, 3.63) is 65.9 Å². The van der Waals surface area contributed by atoms with Gasteiger partial charge in [-0.25, -0.2) is 4.39 Å². The quantitative estimate of drug-likeness (QED) is 0.750. The second-order valence-electron chi connectivity index (χ2n) is 5.62. The minimum Gasteiger partial charge on any atom is -0.464 e. The Balaban J connectivity index is 1.73. The van der Waals surface area contributed by atoms with Crippen molar-refractivity contribution in [2.24, 2.45) is 0 Å². The number of rotatable bonds is 5. The molecular weight excluding hydrogens is 309 g/mol. The lowest BCUT2D eigenvalue weighted by molar-refractivity contribution is 0.0822. The van der Waals surface area contributed by atoms with E-state index in [1.807, 2.05) is 6.07 Å². The third kappa shape index (κ3) is 3.32. The number of amides is 1. The van der Waals surface area contributed by atoms with Gasteiger partial charge in [-0.2, -0.15) is 0 Å². The highest BCUT2D eigenvalue weighted by molar-refractivity contribution is 5.92. The van der Waals surface area contributed by atoms with Gasteiger partial charge >= 0.3 is 0 Å². The lowest BCUT2D eigenvalue weighted by Crippen LogP contribution is -2.22. The van der Waals surface area contributed by atoms with Crippen LogP contribution in [0.3, 0.4) is 0 Å². The zero-order chi connectivity index (χ0) is 17.1. The summed E-state index contributed by atoms with van der Waals surface area (Å²) in [4.78, 5) is 16.4. The van der Waals surface area contributed by atoms with Crippen molar-refractivity contribution < 1.29 is 13.6 Å². The molecule has 1 amide bonds. The number of furan rings is 1. The fourth-order valence-corrected chi connectivity index (χ4v) is 2.36. The van der Waals surface area contributed by atoms with Crippen molar-refractivity contribution in [2.75, 3.05) is 19.4 Å². The maximum absolute atomic E-state index is 14.0. The summed E-state index contributed by atoms with van der Waals surface area (Å²) >= 11 is 0. The normalized spacial score (nSPS) is 10.6. The number of nitrogens with zero attached hydrogens (tertiary/aromatic N) is 1. The lowest BCUT2D eigenvalue weighted by Gasteiger charge is -2.09. The van der Waals surface area contributed by atoms with Crippen molar-refractivity contribution in [1.82, 2.24) is 9.88 Å². The molecule has 3 rings (SSSR count). The van der Waals surface area contributed by atoms with E-state index in [-0.39, 0.29) is 11.7 Å². The van der Waals surface area contributed by atoms with Crippen LogP contribution in [0.25, 0.3) is 11.3 Å². The number of aromatic amines is 1. The summed E-state index contributed by atoms with van der Waals surface area (Å²) in [6.07, 6.45) is 1.58. The number of anilines is 1. The van der Waals surface area contributed by atoms with E-state index in [0.29, 0.717) is 23.7 Å². The second kappa shape index (κ2) is 6.62. The molecule has 0 unspecified atom stereocenters. The third-order valence-electron chi connectivity index (χ3n) is 3.62. The predicted molar refractivity (Wildman–Crippen MR) is 90.2 cm³/mol. The van der Waals surface area contributed by atoms with E-state index in [9.17, 15) is 9.18 Å². The fraction of sp³-hybridized carbons (Fsp3) is 0.167. The average Bonchev–Trinajstić information content (AvgIpc) is 3.25. The van der Waals surface area contributed by atoms with Crippen molar-refractivity contribution in [3.63, 3.8) is 0 Å². The molecule has 3 aromatic rings. The number of aromatic nitrogens is 1. The van der Waals surface area contributed by atoms with Gasteiger partial charge in [0.15, 0.2) is 0 Å². The number of H-pyrrole nitrogens is 1. The highest BCUT2D eigenvalue weighted by Gasteiger charge is 2.11. The fourth-order valence-electron chi connectivity index (χ4n) is 2.36. The van der Waals surface area contributed by atoms with Gasteiger partial charge in [0.1, 0.15) is 17.3 Å². The molecule has 0 bridgehead atoms. The number of carbonyl (C=O) groups is 1. The summed E-state index contributed by atoms with van der Waals surface area (Å²) in [5.41, 5.74) is 2.46. The number of hydrogen-bond donors (Lipinski definition) is 2. The Morgan fingerprint density at radius 3 is 2.79 bits per heavy atom. The molecule has 0 aliphatic rings. The molecule has 0 aliphatic carbocycles. The number of nitrogens with one attached hydrogen (secondary N) is 2. The number of benzene rings is 1. The van der Waals surface area contributed by atoms with Gasteiger partial charge in [-0.05, 0) is 42.5 Å². The first-order valence-corrected chi connectivity index (χ1v) is 7.51. The van der Waals surface area contributed by atoms with Gasteiger partial charge in [0.25, 0.3) is 5.91 Å². The molecule has 1 aromatic carbocycles. The molecule has 6 heteroatoms. The van der Waals surface area contributed by atoms with Crippen molar-refractivity contribution in [3.8, 4) is 11.3 Å². The average molecular weight is 327 g/mol. The smallest absolute Gasteiger partial charge is 0.269 e. The monoisotopic (exact) mass is 327 g/mol. The summed E-state index contributed by atoms with van der Waals surface area (Å²) < 4.78 is 19.3. The molecule has 0 saturated carbocycles. The molecule has 0 fully saturated rings. The zero-order valence-electron chi connectivity index (χ0n) is 13.5. The van der Waals surface area contributed by atoms with Crippen LogP contribution in [0.5, 0.6) is 0 Å². The molecule has 0 radical (unpaired) electrons. The van der Waals surface area contributed by atoms with Crippen LogP contribution in [0.15, 0.2) is 53.1 Å². The Hall–Kier alpha value is -3.02. The first-order valence-electron chi connectivity index (χ1n) is 7.51. The van der Waals surface area contributed by atoms with E-state index in [2.05, 4.69) is 10.3 Å². The third-order valence-corrected chi connectivity index (χ3v) is 3.62. The first-order chi connectivity index (χ1) is 11.5. The van der Waals surface area contributed by atoms with Crippen molar-refractivity contribution in [2.45, 2.75) is 6.54 Å². The van der Waals surface area contributed by atoms with Crippen LogP contribution < -0.4 is 5.32 Å². The maximum Gasteiger partial charge on any atom is 0.269 e. The number of halogens is 1. The topological polar surface area (TPSA) is 61.3 Å². The van der Waals surface area contributed by atoms with Crippen LogP contribution in [0.4, 0.5) is 10.1 Å². The van der Waals surface area contributed by atoms with Crippen LogP contribution in [-0.4, -0.2) is 29.9 Å². The Morgan fingerprint density at radius 1 is 1.25 bits per heavy atom. The van der Waals surface area contributed by atoms with Crippen molar-refractivity contribution in [1.29, 1.82) is 0 Å². The predicted octanol–water partition coefficient (Wildman–Crippen LogP) is 3.73. The first kappa shape index (κ1) is 15.9. The molecular formula is C18H18FN3O2. The van der Waals surface area contributed by atoms with Gasteiger partial charge in [0, 0.05) is 25.4 Å². The molecule has 2 heterocycles. The van der Waals surface area contributed by atoms with E-state index in [1.165, 1.54) is 11.0 Å². The largest absolute Gasteiger partial charge is 0.464 e. The minimum absolute atomic E-state index is 0.104. The van der Waals surface area contributed by atoms with Gasteiger partial charge in [-0.15, -0.1) is 0 Å². The van der Waals surface area contributed by atoms with E-state index in [0.717, 1.165) is 11.3 Å². The molecule has 2 N–H and O–H groups in total. The van der Waals surface area contributed by atoms with Gasteiger partial charge in [-0.3, -0.25) is 4.79 Å². The number of carbonyl (C=O) groups excluding carboxylic acids is 1. The lowest BCUT2D eigenvalue weighted by atomic mass is 10.1. The number of hydrogen-bond acceptors (Lipinski definition) is 3. The molecule has 5 nitrogen and oxygen atoms in total. The van der Waals surface area contributed by atoms with E-state index >= 15 is 0 Å².